The fourth-order valence-corrected chi connectivity index (χ4v) is 4.02. The molecule has 2 atom stereocenters. The summed E-state index contributed by atoms with van der Waals surface area (Å²) in [4.78, 5) is 15.0. The fraction of sp³-hybridized carbons (Fsp3) is 0.882. The van der Waals surface area contributed by atoms with Crippen LogP contribution in [0.25, 0.3) is 0 Å². The van der Waals surface area contributed by atoms with Crippen molar-refractivity contribution < 1.29 is 9.53 Å². The first-order valence-electron chi connectivity index (χ1n) is 9.51. The van der Waals surface area contributed by atoms with Crippen molar-refractivity contribution in [2.75, 3.05) is 26.3 Å². The number of hydrogen-bond acceptors (Lipinski definition) is 6. The summed E-state index contributed by atoms with van der Waals surface area (Å²) in [6, 6.07) is 0.865. The number of amides is 1. The minimum atomic E-state index is 0.0924. The number of likely N-dealkylation sites (tertiary alicyclic amines) is 1. The lowest BCUT2D eigenvalue weighted by atomic mass is 9.98. The first-order valence-corrected chi connectivity index (χ1v) is 9.51. The Morgan fingerprint density at radius 3 is 2.80 bits per heavy atom. The van der Waals surface area contributed by atoms with Gasteiger partial charge in [-0.3, -0.25) is 9.69 Å². The number of nitrogens with zero attached hydrogens (tertiary/aromatic N) is 5. The Labute approximate surface area is 149 Å². The maximum absolute atomic E-state index is 12.4. The third-order valence-corrected chi connectivity index (χ3v) is 5.44. The average Bonchev–Trinajstić information content (AvgIpc) is 3.21. The van der Waals surface area contributed by atoms with Crippen LogP contribution in [-0.2, 0) is 16.1 Å². The van der Waals surface area contributed by atoms with Crippen LogP contribution in [0.4, 0.5) is 0 Å². The quantitative estimate of drug-likeness (QED) is 0.782. The summed E-state index contributed by atoms with van der Waals surface area (Å²) in [6.07, 6.45) is 4.95. The number of tetrazole rings is 1. The molecule has 1 amide bonds. The van der Waals surface area contributed by atoms with Gasteiger partial charge in [0.25, 0.3) is 0 Å². The van der Waals surface area contributed by atoms with Crippen LogP contribution in [0.2, 0.25) is 0 Å². The minimum absolute atomic E-state index is 0.0924. The monoisotopic (exact) mass is 350 g/mol. The van der Waals surface area contributed by atoms with Crippen molar-refractivity contribution in [3.05, 3.63) is 5.82 Å². The number of hydrogen-bond donors (Lipinski definition) is 1. The zero-order chi connectivity index (χ0) is 17.6. The average molecular weight is 350 g/mol. The van der Waals surface area contributed by atoms with Gasteiger partial charge in [0.1, 0.15) is 5.82 Å². The van der Waals surface area contributed by atoms with E-state index in [2.05, 4.69) is 32.7 Å². The van der Waals surface area contributed by atoms with Gasteiger partial charge in [-0.05, 0) is 42.5 Å². The van der Waals surface area contributed by atoms with Gasteiger partial charge < -0.3 is 10.1 Å². The molecule has 0 saturated carbocycles. The van der Waals surface area contributed by atoms with Crippen LogP contribution in [0.5, 0.6) is 0 Å². The molecule has 2 fully saturated rings. The lowest BCUT2D eigenvalue weighted by Gasteiger charge is -2.31. The molecule has 1 N–H and O–H groups in total. The van der Waals surface area contributed by atoms with Crippen LogP contribution in [-0.4, -0.2) is 69.4 Å². The summed E-state index contributed by atoms with van der Waals surface area (Å²) in [5.41, 5.74) is 0. The highest BCUT2D eigenvalue weighted by Gasteiger charge is 2.36. The van der Waals surface area contributed by atoms with Gasteiger partial charge in [-0.25, -0.2) is 4.68 Å². The van der Waals surface area contributed by atoms with Gasteiger partial charge in [-0.15, -0.1) is 5.10 Å². The molecule has 0 aliphatic carbocycles. The van der Waals surface area contributed by atoms with E-state index in [4.69, 9.17) is 4.74 Å². The smallest absolute Gasteiger partial charge is 0.222 e. The first-order chi connectivity index (χ1) is 12.2. The zero-order valence-electron chi connectivity index (χ0n) is 15.4. The molecule has 2 aliphatic rings. The third-order valence-electron chi connectivity index (χ3n) is 5.44. The standard InChI is InChI=1S/C17H30N6O2/c1-3-4-14-11-22(15-6-9-25-10-7-15)12-16(14)18-17(24)5-8-23-13(2)19-20-21-23/h14-16H,3-12H2,1-2H3,(H,18,24)/t14-,16-/m0/s1. The van der Waals surface area contributed by atoms with Crippen LogP contribution in [0.1, 0.15) is 44.9 Å². The Morgan fingerprint density at radius 2 is 2.12 bits per heavy atom. The third kappa shape index (κ3) is 4.76. The van der Waals surface area contributed by atoms with E-state index < -0.39 is 0 Å². The fourth-order valence-electron chi connectivity index (χ4n) is 4.02. The van der Waals surface area contributed by atoms with E-state index >= 15 is 0 Å². The number of carbonyl (C=O) groups excluding carboxylic acids is 1. The maximum atomic E-state index is 12.4. The second-order valence-corrected chi connectivity index (χ2v) is 7.22. The van der Waals surface area contributed by atoms with E-state index in [1.807, 2.05) is 6.92 Å². The maximum Gasteiger partial charge on any atom is 0.222 e. The molecule has 1 aromatic heterocycles. The van der Waals surface area contributed by atoms with Crippen molar-refractivity contribution >= 4 is 5.91 Å². The number of rotatable bonds is 7. The zero-order valence-corrected chi connectivity index (χ0v) is 15.4. The highest BCUT2D eigenvalue weighted by molar-refractivity contribution is 5.76. The summed E-state index contributed by atoms with van der Waals surface area (Å²) in [7, 11) is 0. The highest BCUT2D eigenvalue weighted by Crippen LogP contribution is 2.27. The number of aromatic nitrogens is 4. The summed E-state index contributed by atoms with van der Waals surface area (Å²) in [5.74, 6) is 1.38. The first kappa shape index (κ1) is 18.3. The Bertz CT molecular complexity index is 557. The van der Waals surface area contributed by atoms with Crippen LogP contribution in [0, 0.1) is 12.8 Å². The van der Waals surface area contributed by atoms with Crippen LogP contribution >= 0.6 is 0 Å². The van der Waals surface area contributed by atoms with E-state index in [0.717, 1.165) is 57.8 Å². The molecule has 140 valence electrons. The molecule has 0 spiro atoms. The van der Waals surface area contributed by atoms with Crippen molar-refractivity contribution in [1.29, 1.82) is 0 Å². The van der Waals surface area contributed by atoms with Gasteiger partial charge >= 0.3 is 0 Å². The summed E-state index contributed by atoms with van der Waals surface area (Å²) >= 11 is 0. The largest absolute Gasteiger partial charge is 0.381 e. The van der Waals surface area contributed by atoms with Crippen molar-refractivity contribution in [1.82, 2.24) is 30.4 Å². The van der Waals surface area contributed by atoms with Crippen LogP contribution < -0.4 is 5.32 Å². The van der Waals surface area contributed by atoms with Gasteiger partial charge in [0.15, 0.2) is 0 Å². The normalized spacial score (nSPS) is 25.4. The molecular formula is C17H30N6O2. The Hall–Kier alpha value is -1.54. The molecule has 0 radical (unpaired) electrons. The predicted octanol–water partition coefficient (Wildman–Crippen LogP) is 0.767. The highest BCUT2D eigenvalue weighted by atomic mass is 16.5. The van der Waals surface area contributed by atoms with Crippen molar-refractivity contribution in [2.45, 2.75) is 64.6 Å². The molecule has 8 nitrogen and oxygen atoms in total. The SMILES string of the molecule is CCC[C@H]1CN(C2CCOCC2)C[C@@H]1NC(=O)CCn1nnnc1C. The molecule has 25 heavy (non-hydrogen) atoms. The van der Waals surface area contributed by atoms with E-state index in [9.17, 15) is 4.79 Å². The summed E-state index contributed by atoms with van der Waals surface area (Å²) < 4.78 is 7.16. The van der Waals surface area contributed by atoms with Crippen LogP contribution in [0.3, 0.4) is 0 Å². The minimum Gasteiger partial charge on any atom is -0.381 e. The van der Waals surface area contributed by atoms with E-state index in [1.165, 1.54) is 0 Å². The van der Waals surface area contributed by atoms with E-state index in [-0.39, 0.29) is 11.9 Å². The Kier molecular flexibility index (Phi) is 6.36. The molecule has 2 aliphatic heterocycles. The molecule has 3 heterocycles. The number of carbonyl (C=O) groups is 1. The van der Waals surface area contributed by atoms with Gasteiger partial charge in [0.05, 0.1) is 6.54 Å². The molecule has 1 aromatic rings. The molecule has 8 heteroatoms. The molecule has 3 rings (SSSR count). The van der Waals surface area contributed by atoms with Crippen molar-refractivity contribution in [3.8, 4) is 0 Å². The number of aryl methyl sites for hydroxylation is 2. The van der Waals surface area contributed by atoms with Crippen molar-refractivity contribution in [3.63, 3.8) is 0 Å². The van der Waals surface area contributed by atoms with Gasteiger partial charge in [-0.2, -0.15) is 0 Å². The van der Waals surface area contributed by atoms with Crippen molar-refractivity contribution in [2.24, 2.45) is 5.92 Å². The lowest BCUT2D eigenvalue weighted by Crippen LogP contribution is -2.42. The van der Waals surface area contributed by atoms with E-state index in [0.29, 0.717) is 24.9 Å². The second-order valence-electron chi connectivity index (χ2n) is 7.22. The summed E-state index contributed by atoms with van der Waals surface area (Å²) in [5, 5.41) is 14.6. The Morgan fingerprint density at radius 1 is 1.32 bits per heavy atom. The summed E-state index contributed by atoms with van der Waals surface area (Å²) in [6.45, 7) is 8.37. The Balaban J connectivity index is 1.51. The van der Waals surface area contributed by atoms with Crippen LogP contribution in [0.15, 0.2) is 0 Å². The number of nitrogens with one attached hydrogen (secondary N) is 1. The topological polar surface area (TPSA) is 85.2 Å². The van der Waals surface area contributed by atoms with Gasteiger partial charge in [-0.1, -0.05) is 13.3 Å². The molecular weight excluding hydrogens is 320 g/mol. The second kappa shape index (κ2) is 8.71. The molecule has 0 bridgehead atoms. The lowest BCUT2D eigenvalue weighted by molar-refractivity contribution is -0.122. The number of ether oxygens (including phenoxy) is 1. The van der Waals surface area contributed by atoms with Gasteiger partial charge in [0.2, 0.25) is 5.91 Å². The molecule has 0 unspecified atom stereocenters. The predicted molar refractivity (Wildman–Crippen MR) is 92.9 cm³/mol. The van der Waals surface area contributed by atoms with Gasteiger partial charge in [0, 0.05) is 44.8 Å². The van der Waals surface area contributed by atoms with E-state index in [1.54, 1.807) is 4.68 Å². The molecule has 0 aromatic carbocycles. The molecule has 2 saturated heterocycles.